The van der Waals surface area contributed by atoms with Crippen molar-refractivity contribution in [1.29, 1.82) is 0 Å². The van der Waals surface area contributed by atoms with Crippen LogP contribution in [0.2, 0.25) is 0 Å². The second-order valence-electron chi connectivity index (χ2n) is 2.78. The number of alkyl halides is 4. The minimum atomic E-state index is -5.02. The highest BCUT2D eigenvalue weighted by molar-refractivity contribution is 5.29. The summed E-state index contributed by atoms with van der Waals surface area (Å²) < 4.78 is 51.2. The highest BCUT2D eigenvalue weighted by atomic mass is 19.4. The van der Waals surface area contributed by atoms with Gasteiger partial charge in [-0.05, 0) is 0 Å². The molecule has 0 saturated carbocycles. The zero-order chi connectivity index (χ0) is 12.3. The van der Waals surface area contributed by atoms with Crippen molar-refractivity contribution >= 4 is 0 Å². The number of hydrogen-bond donors (Lipinski definition) is 2. The predicted octanol–water partition coefficient (Wildman–Crippen LogP) is 1.24. The molecule has 0 aromatic carbocycles. The molecule has 16 heavy (non-hydrogen) atoms. The molecular formula is C8H7F4NO3. The van der Waals surface area contributed by atoms with Crippen LogP contribution in [0.25, 0.3) is 0 Å². The van der Waals surface area contributed by atoms with E-state index in [9.17, 15) is 22.4 Å². The largest absolute Gasteiger partial charge is 0.573 e. The zero-order valence-electron chi connectivity index (χ0n) is 7.77. The number of aromatic amines is 1. The van der Waals surface area contributed by atoms with Crippen LogP contribution in [0.1, 0.15) is 11.3 Å². The molecule has 0 bridgehead atoms. The minimum absolute atomic E-state index is 0.276. The summed E-state index contributed by atoms with van der Waals surface area (Å²) in [7, 11) is 0. The van der Waals surface area contributed by atoms with Gasteiger partial charge in [0.25, 0.3) is 0 Å². The first-order valence-electron chi connectivity index (χ1n) is 4.05. The maximum Gasteiger partial charge on any atom is 0.573 e. The summed E-state index contributed by atoms with van der Waals surface area (Å²) in [4.78, 5) is 13.4. The quantitative estimate of drug-likeness (QED) is 0.782. The molecule has 1 aromatic rings. The number of aliphatic hydroxyl groups is 1. The monoisotopic (exact) mass is 241 g/mol. The van der Waals surface area contributed by atoms with Crippen LogP contribution in [0.4, 0.5) is 17.6 Å². The molecule has 0 spiro atoms. The lowest BCUT2D eigenvalue weighted by Gasteiger charge is -2.10. The van der Waals surface area contributed by atoms with Crippen molar-refractivity contribution in [2.75, 3.05) is 0 Å². The number of pyridine rings is 1. The molecule has 8 heteroatoms. The zero-order valence-corrected chi connectivity index (χ0v) is 7.77. The smallest absolute Gasteiger partial charge is 0.400 e. The van der Waals surface area contributed by atoms with Crippen LogP contribution in [0.5, 0.6) is 5.75 Å². The maximum atomic E-state index is 12.3. The fourth-order valence-corrected chi connectivity index (χ4v) is 1.08. The van der Waals surface area contributed by atoms with Gasteiger partial charge in [0.1, 0.15) is 6.67 Å². The number of nitrogens with one attached hydrogen (secondary N) is 1. The molecule has 90 valence electrons. The average molecular weight is 241 g/mol. The first-order valence-corrected chi connectivity index (χ1v) is 4.05. The minimum Gasteiger partial charge on any atom is -0.400 e. The number of ether oxygens (including phenoxy) is 1. The number of aliphatic hydroxyl groups excluding tert-OH is 1. The standard InChI is InChI=1S/C8H7F4NO3/c9-1-5-4(3-14)7(15)6(2-13-5)16-8(10,11)12/h2,14H,1,3H2,(H,13,15). The van der Waals surface area contributed by atoms with Gasteiger partial charge in [0.15, 0.2) is 5.75 Å². The molecule has 2 N–H and O–H groups in total. The Bertz CT molecular complexity index is 426. The molecule has 0 amide bonds. The Labute approximate surface area is 86.5 Å². The topological polar surface area (TPSA) is 62.3 Å². The normalized spacial score (nSPS) is 11.6. The summed E-state index contributed by atoms with van der Waals surface area (Å²) in [5.41, 5.74) is -1.95. The molecule has 0 saturated heterocycles. The number of aromatic nitrogens is 1. The third-order valence-corrected chi connectivity index (χ3v) is 1.76. The van der Waals surface area contributed by atoms with Crippen molar-refractivity contribution in [3.05, 3.63) is 27.7 Å². The van der Waals surface area contributed by atoms with Gasteiger partial charge in [-0.15, -0.1) is 13.2 Å². The van der Waals surface area contributed by atoms with Gasteiger partial charge in [-0.25, -0.2) is 4.39 Å². The van der Waals surface area contributed by atoms with Crippen LogP contribution in [-0.4, -0.2) is 16.5 Å². The summed E-state index contributed by atoms with van der Waals surface area (Å²) in [5.74, 6) is -1.03. The first kappa shape index (κ1) is 12.5. The number of halogens is 4. The van der Waals surface area contributed by atoms with Crippen molar-refractivity contribution in [2.45, 2.75) is 19.6 Å². The summed E-state index contributed by atoms with van der Waals surface area (Å²) in [6, 6.07) is 0. The molecule has 0 radical (unpaired) electrons. The van der Waals surface area contributed by atoms with Gasteiger partial charge in [-0.2, -0.15) is 0 Å². The van der Waals surface area contributed by atoms with E-state index in [4.69, 9.17) is 5.11 Å². The molecule has 0 unspecified atom stereocenters. The van der Waals surface area contributed by atoms with E-state index in [1.807, 2.05) is 0 Å². The third kappa shape index (κ3) is 2.72. The van der Waals surface area contributed by atoms with E-state index >= 15 is 0 Å². The molecule has 0 aliphatic carbocycles. The Kier molecular flexibility index (Phi) is 3.53. The van der Waals surface area contributed by atoms with Crippen LogP contribution in [0.3, 0.4) is 0 Å². The second kappa shape index (κ2) is 4.52. The molecule has 1 aromatic heterocycles. The van der Waals surface area contributed by atoms with Gasteiger partial charge in [0.05, 0.1) is 17.9 Å². The lowest BCUT2D eigenvalue weighted by Crippen LogP contribution is -2.24. The summed E-state index contributed by atoms with van der Waals surface area (Å²) in [5, 5.41) is 8.73. The lowest BCUT2D eigenvalue weighted by molar-refractivity contribution is -0.275. The molecule has 1 heterocycles. The first-order chi connectivity index (χ1) is 7.39. The maximum absolute atomic E-state index is 12.3. The fraction of sp³-hybridized carbons (Fsp3) is 0.375. The Hall–Kier alpha value is -1.57. The molecular weight excluding hydrogens is 234 g/mol. The fourth-order valence-electron chi connectivity index (χ4n) is 1.08. The van der Waals surface area contributed by atoms with Gasteiger partial charge in [0.2, 0.25) is 5.43 Å². The van der Waals surface area contributed by atoms with Gasteiger partial charge in [0, 0.05) is 6.20 Å². The average Bonchev–Trinajstić information content (AvgIpc) is 2.19. The number of rotatable bonds is 3. The number of H-pyrrole nitrogens is 1. The predicted molar refractivity (Wildman–Crippen MR) is 44.5 cm³/mol. The highest BCUT2D eigenvalue weighted by Gasteiger charge is 2.32. The molecule has 4 nitrogen and oxygen atoms in total. The van der Waals surface area contributed by atoms with E-state index in [0.29, 0.717) is 6.20 Å². The second-order valence-corrected chi connectivity index (χ2v) is 2.78. The summed E-state index contributed by atoms with van der Waals surface area (Å²) in [6.45, 7) is -1.97. The summed E-state index contributed by atoms with van der Waals surface area (Å²) in [6.07, 6.45) is -4.42. The van der Waals surface area contributed by atoms with E-state index < -0.39 is 36.4 Å². The van der Waals surface area contributed by atoms with E-state index in [-0.39, 0.29) is 5.69 Å². The Morgan fingerprint density at radius 3 is 2.50 bits per heavy atom. The van der Waals surface area contributed by atoms with Crippen LogP contribution < -0.4 is 10.2 Å². The van der Waals surface area contributed by atoms with Crippen molar-refractivity contribution < 1.29 is 27.4 Å². The highest BCUT2D eigenvalue weighted by Crippen LogP contribution is 2.20. The Morgan fingerprint density at radius 1 is 1.44 bits per heavy atom. The van der Waals surface area contributed by atoms with Gasteiger partial charge >= 0.3 is 6.36 Å². The molecule has 1 rings (SSSR count). The SMILES string of the molecule is O=c1c(OC(F)(F)F)c[nH]c(CF)c1CO. The molecule has 0 atom stereocenters. The van der Waals surface area contributed by atoms with E-state index in [2.05, 4.69) is 9.72 Å². The van der Waals surface area contributed by atoms with E-state index in [1.54, 1.807) is 0 Å². The third-order valence-electron chi connectivity index (χ3n) is 1.76. The molecule has 0 aliphatic rings. The summed E-state index contributed by atoms with van der Waals surface area (Å²) >= 11 is 0. The van der Waals surface area contributed by atoms with Gasteiger partial charge in [-0.3, -0.25) is 4.79 Å². The lowest BCUT2D eigenvalue weighted by atomic mass is 10.2. The van der Waals surface area contributed by atoms with Crippen molar-refractivity contribution in [3.8, 4) is 5.75 Å². The van der Waals surface area contributed by atoms with E-state index in [0.717, 1.165) is 0 Å². The Balaban J connectivity index is 3.20. The van der Waals surface area contributed by atoms with Crippen molar-refractivity contribution in [2.24, 2.45) is 0 Å². The Morgan fingerprint density at radius 2 is 2.06 bits per heavy atom. The molecule has 0 aliphatic heterocycles. The van der Waals surface area contributed by atoms with Crippen molar-refractivity contribution in [3.63, 3.8) is 0 Å². The van der Waals surface area contributed by atoms with E-state index in [1.165, 1.54) is 0 Å². The van der Waals surface area contributed by atoms with Crippen LogP contribution in [0, 0.1) is 0 Å². The molecule has 0 fully saturated rings. The van der Waals surface area contributed by atoms with Crippen molar-refractivity contribution in [1.82, 2.24) is 4.98 Å². The van der Waals surface area contributed by atoms with Gasteiger partial charge in [-0.1, -0.05) is 0 Å². The number of hydrogen-bond acceptors (Lipinski definition) is 3. The van der Waals surface area contributed by atoms with Crippen LogP contribution in [-0.2, 0) is 13.3 Å². The van der Waals surface area contributed by atoms with Crippen LogP contribution in [0.15, 0.2) is 11.0 Å². The van der Waals surface area contributed by atoms with Crippen LogP contribution >= 0.6 is 0 Å². The van der Waals surface area contributed by atoms with Gasteiger partial charge < -0.3 is 14.8 Å².